The predicted molar refractivity (Wildman–Crippen MR) is 623 cm³/mol. The Kier molecular flexibility index (Phi) is 90.1. The average molecular weight is 2640 g/mol. The number of methoxy groups -OCH3 is 2. The molecule has 16 rings (SSSR count). The standard InChI is InChI=1S/C16H14BrN3O2S.C15H14BrNOS.C13H10BrN3S.C12H8BrNS.C11H8Br2.C11H9Br.C11H10.C3H5BrO2.CH4N2O.CHNS.CH2O3.4CH4.2BHNS.FH.3K.H2.H/c1-22-15(21)9-23-16-19-18-10-20(16)8-11-6-7-14(17)13-5-3-2-4-12(11)13;16-15-8-6-11(5-7-12(19)9-17-10-18)13-3-1-2-4-14(13)15;14-12-6-5-9(7-17-8-15-16-13(17)18)10-3-1-2-4-11(10)12;13-12-6-5-9(7-15-8-14)10-3-1-2-4-11(10)12;12-7-8-5-6-11(13)10-4-2-1-3-9(8)10;1-8-6-7-11(12)10-5-3-2-4-9(8)10;1-9-5-4-7-10-6-2-3-8-11(9)10;1-6-3(5)2-4;2-3-1-4;2-1-3;2-1-4-3;;;;;2*1-2-3;;;;;;/h2-7,10H,8-9H2,1H3;1-4,6,8,10H,5,7,9H2,(H,17,18);1-6,8H,7H2,(H,16,18);1-6H,7H2;1-6H,7H2;2-7H,1H3;2-8H,1H3;2H2,1H3;1H,2H2,(H,3,4);3H;1,3H;4*1H4;2*3H;1H;;;;1H;/q;;;;;;;;;;;;;;;;;;3*+1;;-1/p-2/i;;;;;;;;;;;;;;;;;;;;;1+1;. The summed E-state index contributed by atoms with van der Waals surface area (Å²) in [6, 6.07) is 89.8. The molecule has 14 aromatic carbocycles. The van der Waals surface area contributed by atoms with Crippen molar-refractivity contribution in [1.29, 1.82) is 10.5 Å². The Hall–Kier alpha value is -4.23. The van der Waals surface area contributed by atoms with Crippen LogP contribution in [0.3, 0.4) is 0 Å². The van der Waals surface area contributed by atoms with Crippen molar-refractivity contribution < 1.29 is 205 Å². The van der Waals surface area contributed by atoms with Gasteiger partial charge in [-0.15, -0.1) is 10.2 Å². The van der Waals surface area contributed by atoms with E-state index in [-0.39, 0.29) is 221 Å². The number of benzene rings is 14. The molecule has 43 heteroatoms. The minimum absolute atomic E-state index is 0. The van der Waals surface area contributed by atoms with Gasteiger partial charge in [0.15, 0.2) is 9.93 Å². The van der Waals surface area contributed by atoms with Crippen LogP contribution in [0.1, 0.15) is 77.9 Å². The number of nitrogens with zero attached hydrogens (tertiary/aromatic N) is 9. The molecule has 142 heavy (non-hydrogen) atoms. The number of thioether (sulfide) groups is 2. The Bertz CT molecular complexity index is 6610. The molecule has 0 saturated heterocycles. The first-order valence-electron chi connectivity index (χ1n) is 39.0. The van der Waals surface area contributed by atoms with E-state index in [0.29, 0.717) is 35.8 Å². The molecule has 0 aliphatic heterocycles. The Labute approximate surface area is 1070 Å². The molecule has 0 saturated carbocycles. The van der Waals surface area contributed by atoms with E-state index in [1.54, 1.807) is 18.1 Å². The first-order chi connectivity index (χ1) is 64.9. The van der Waals surface area contributed by atoms with Crippen LogP contribution in [0.5, 0.6) is 0 Å². The summed E-state index contributed by atoms with van der Waals surface area (Å²) in [5.41, 5.74) is 10.7. The Morgan fingerprint density at radius 2 is 0.887 bits per heavy atom. The van der Waals surface area contributed by atoms with Gasteiger partial charge in [-0.3, -0.25) is 39.2 Å². The molecule has 0 spiro atoms. The largest absolute Gasteiger partial charge is 1.00 e. The number of hydrazine groups is 1. The van der Waals surface area contributed by atoms with E-state index in [9.17, 15) is 14.4 Å². The Balaban J connectivity index is -0.000000292. The number of aromatic amines is 1. The number of aromatic nitrogens is 6. The van der Waals surface area contributed by atoms with Gasteiger partial charge in [0.05, 0.1) is 33.1 Å². The number of alkyl halides is 2. The Morgan fingerprint density at radius 3 is 1.25 bits per heavy atom. The first kappa shape index (κ1) is 146. The molecule has 734 valence electrons. The third kappa shape index (κ3) is 52.5. The second-order valence-corrected chi connectivity index (χ2v) is 36.0. The summed E-state index contributed by atoms with van der Waals surface area (Å²) in [7, 11) is 11.4. The molecule has 2 amide bonds. The maximum absolute atomic E-state index is 11.3. The van der Waals surface area contributed by atoms with E-state index >= 15 is 0 Å². The number of hydrogen-bond donors (Lipinski definition) is 6. The number of aryl methyl sites for hydroxylation is 3. The van der Waals surface area contributed by atoms with Gasteiger partial charge in [0, 0.05) is 50.8 Å². The van der Waals surface area contributed by atoms with Gasteiger partial charge in [-0.25, -0.2) is 11.1 Å². The van der Waals surface area contributed by atoms with Crippen molar-refractivity contribution >= 4 is 340 Å². The van der Waals surface area contributed by atoms with Crippen LogP contribution in [0.15, 0.2) is 314 Å². The normalized spacial score (nSPS) is 9.10. The van der Waals surface area contributed by atoms with Gasteiger partial charge in [0.1, 0.15) is 23.4 Å². The average Bonchev–Trinajstić information content (AvgIpc) is 1.45. The minimum atomic E-state index is -0.279. The molecule has 0 aliphatic rings. The molecule has 0 atom stereocenters. The maximum Gasteiger partial charge on any atom is 1.00 e. The zero-order valence-corrected chi connectivity index (χ0v) is 103. The molecular formula is C99H105B2Br8FK3N13O9S7. The zero-order valence-electron chi connectivity index (χ0n) is 76.4. The number of ether oxygens (including phenoxy) is 2. The fourth-order valence-electron chi connectivity index (χ4n) is 12.2. The molecule has 2 aromatic heterocycles. The summed E-state index contributed by atoms with van der Waals surface area (Å²) >= 11 is 50.8. The van der Waals surface area contributed by atoms with Crippen molar-refractivity contribution in [2.75, 3.05) is 31.8 Å². The molecule has 0 unspecified atom stereocenters. The summed E-state index contributed by atoms with van der Waals surface area (Å²) in [4.78, 5) is 52.5. The van der Waals surface area contributed by atoms with Crippen LogP contribution in [0, 0.1) is 39.9 Å². The number of nitrogens with two attached hydrogens (primary N) is 1. The number of amides is 2. The van der Waals surface area contributed by atoms with E-state index in [1.807, 2.05) is 69.8 Å². The number of hydrogen-bond acceptors (Lipinski definition) is 24. The molecular weight excluding hydrogens is 2540 g/mol. The van der Waals surface area contributed by atoms with Crippen LogP contribution in [0.2, 0.25) is 0 Å². The molecule has 0 bridgehead atoms. The molecule has 5 N–H and O–H groups in total. The fourth-order valence-corrected chi connectivity index (χ4v) is 17.4. The van der Waals surface area contributed by atoms with Gasteiger partial charge < -0.3 is 48.1 Å². The number of fused-ring (bicyclic) bond motifs is 7. The maximum atomic E-state index is 11.3. The van der Waals surface area contributed by atoms with E-state index in [1.165, 1.54) is 162 Å². The molecule has 22 nitrogen and oxygen atoms in total. The number of H-pyrrole nitrogens is 1. The third-order valence-electron chi connectivity index (χ3n) is 18.3. The fraction of sp³-hybridized carbons (Fsp3) is 0.172. The topological polar surface area (TPSA) is 323 Å². The van der Waals surface area contributed by atoms with Gasteiger partial charge in [-0.05, 0) is 201 Å². The van der Waals surface area contributed by atoms with E-state index in [2.05, 4.69) is 455 Å². The number of esters is 2. The summed E-state index contributed by atoms with van der Waals surface area (Å²) in [5, 5.41) is 64.3. The monoisotopic (exact) mass is 2630 g/mol. The number of carbonyl (C=O) groups excluding carboxylic acids is 5. The molecule has 0 fully saturated rings. The van der Waals surface area contributed by atoms with E-state index < -0.39 is 0 Å². The number of nitrogens with one attached hydrogen (secondary N) is 3. The quantitative estimate of drug-likeness (QED) is 0.00350. The molecule has 0 aliphatic carbocycles. The van der Waals surface area contributed by atoms with Crippen LogP contribution in [-0.4, -0.2) is 113 Å². The Morgan fingerprint density at radius 1 is 0.549 bits per heavy atom. The van der Waals surface area contributed by atoms with Crippen molar-refractivity contribution in [2.24, 2.45) is 14.4 Å². The van der Waals surface area contributed by atoms with Gasteiger partial charge in [0.25, 0.3) is 6.47 Å². The number of thiocarbonyl (C=S) groups is 1. The van der Waals surface area contributed by atoms with Crippen molar-refractivity contribution in [3.8, 4) is 10.8 Å². The number of thiocyanates is 2. The van der Waals surface area contributed by atoms with Crippen LogP contribution in [0.4, 0.5) is 4.70 Å². The predicted octanol–water partition coefficient (Wildman–Crippen LogP) is 19.0. The van der Waals surface area contributed by atoms with E-state index in [0.717, 1.165) is 57.7 Å². The number of carbonyl (C=O) groups is 5. The number of thiol groups is 2. The smallest absolute Gasteiger partial charge is 1.00 e. The van der Waals surface area contributed by atoms with Crippen LogP contribution < -0.4 is 176 Å². The third-order valence-corrected chi connectivity index (χ3v) is 25.7. The summed E-state index contributed by atoms with van der Waals surface area (Å²) in [6.07, 6.45) is 6.19. The zero-order chi connectivity index (χ0) is 98.5. The second-order valence-electron chi connectivity index (χ2n) is 26.4. The summed E-state index contributed by atoms with van der Waals surface area (Å²) in [6.45, 7) is 5.94. The van der Waals surface area contributed by atoms with Crippen LogP contribution in [-0.2, 0) is 81.6 Å². The van der Waals surface area contributed by atoms with Crippen molar-refractivity contribution in [1.82, 2.24) is 40.3 Å². The van der Waals surface area contributed by atoms with Crippen molar-refractivity contribution in [3.05, 3.63) is 344 Å². The minimum Gasteiger partial charge on any atom is -1.00 e. The molecule has 2 heterocycles. The molecule has 16 aromatic rings. The van der Waals surface area contributed by atoms with Crippen LogP contribution >= 0.6 is 201 Å². The number of halogens is 9. The summed E-state index contributed by atoms with van der Waals surface area (Å²) < 4.78 is 25.5. The number of rotatable bonds is 19. The van der Waals surface area contributed by atoms with Gasteiger partial charge >= 0.3 is 216 Å². The van der Waals surface area contributed by atoms with Crippen LogP contribution in [0.25, 0.3) is 75.4 Å². The van der Waals surface area contributed by atoms with Gasteiger partial charge in [-0.2, -0.15) is 10.4 Å². The summed E-state index contributed by atoms with van der Waals surface area (Å²) in [5.74, 6) is 4.85. The second kappa shape index (κ2) is 87.5. The van der Waals surface area contributed by atoms with Crippen molar-refractivity contribution in [3.63, 3.8) is 0 Å². The van der Waals surface area contributed by atoms with Gasteiger partial charge in [0.2, 0.25) is 12.8 Å². The molecule has 2 radical (unpaired) electrons. The SMILES string of the molecule is BrCc1ccc(Br)c2ccccc12.C.C.C.C.COC(=O)CBr.COC(=O)CSc1nncn1Cc1ccc(Br)c2ccccc12.Cc1ccc(Br)c2ccccc12.Cc1cccc2ccccc12.F.N#CSCc1ccc(Br)c2ccccc12.N#C[S-].NNC=O.O=CNCC(=S)CCc1ccc(Br)c2ccccc12.O=CO[O-].S=c1[nH]ncn1Cc1ccc(Br)c2ccccc12.[2HH].[B]=NS.[B]=NS.[H-].[K+].[K+].[K+]. The van der Waals surface area contributed by atoms with Gasteiger partial charge in [-0.1, -0.05) is 411 Å². The first-order valence-corrected chi connectivity index (χ1v) is 50.0. The number of nitriles is 2. The van der Waals surface area contributed by atoms with Crippen molar-refractivity contribution in [2.45, 2.75) is 85.7 Å². The van der Waals surface area contributed by atoms with E-state index in [4.69, 9.17) is 49.8 Å².